The van der Waals surface area contributed by atoms with E-state index in [4.69, 9.17) is 4.74 Å². The average molecular weight is 407 g/mol. The number of amides is 1. The normalized spacial score (nSPS) is 11.0. The summed E-state index contributed by atoms with van der Waals surface area (Å²) in [6, 6.07) is 14.8. The molecule has 0 unspecified atom stereocenters. The average Bonchev–Trinajstić information content (AvgIpc) is 3.31. The Morgan fingerprint density at radius 2 is 2.03 bits per heavy atom. The molecule has 0 fully saturated rings. The van der Waals surface area contributed by atoms with E-state index in [9.17, 15) is 4.79 Å². The molecule has 4 aromatic rings. The molecule has 0 radical (unpaired) electrons. The molecule has 0 atom stereocenters. The lowest BCUT2D eigenvalue weighted by molar-refractivity contribution is 0.102. The fourth-order valence-electron chi connectivity index (χ4n) is 2.86. The maximum Gasteiger partial charge on any atom is 0.255 e. The quantitative estimate of drug-likeness (QED) is 0.453. The van der Waals surface area contributed by atoms with Gasteiger partial charge in [0, 0.05) is 11.1 Å². The number of ether oxygens (including phenoxy) is 1. The number of carbonyl (C=O) groups is 1. The summed E-state index contributed by atoms with van der Waals surface area (Å²) in [7, 11) is 0. The lowest BCUT2D eigenvalue weighted by Gasteiger charge is -2.10. The number of carbonyl (C=O) groups excluding carboxylic acids is 1. The summed E-state index contributed by atoms with van der Waals surface area (Å²) in [5.41, 5.74) is 2.08. The molecule has 0 saturated carbocycles. The minimum absolute atomic E-state index is 0.197. The monoisotopic (exact) mass is 407 g/mol. The first-order chi connectivity index (χ1) is 14.2. The SMILES string of the molecule is CCCCOc1cccc(C(=O)Nc2ccccc2-c2nn3c(C)nnc3s2)c1. The summed E-state index contributed by atoms with van der Waals surface area (Å²) >= 11 is 1.43. The molecule has 0 bridgehead atoms. The molecule has 29 heavy (non-hydrogen) atoms. The van der Waals surface area contributed by atoms with Crippen LogP contribution in [0.4, 0.5) is 5.69 Å². The van der Waals surface area contributed by atoms with Crippen molar-refractivity contribution in [3.05, 3.63) is 59.9 Å². The van der Waals surface area contributed by atoms with Crippen LogP contribution in [0.5, 0.6) is 5.75 Å². The predicted octanol–water partition coefficient (Wildman–Crippen LogP) is 4.59. The number of nitrogens with one attached hydrogen (secondary N) is 1. The fraction of sp³-hybridized carbons (Fsp3) is 0.238. The van der Waals surface area contributed by atoms with E-state index in [2.05, 4.69) is 27.5 Å². The summed E-state index contributed by atoms with van der Waals surface area (Å²) in [4.78, 5) is 13.6. The van der Waals surface area contributed by atoms with Gasteiger partial charge in [-0.05, 0) is 43.7 Å². The third kappa shape index (κ3) is 4.12. The maximum absolute atomic E-state index is 12.8. The van der Waals surface area contributed by atoms with E-state index in [0.29, 0.717) is 23.6 Å². The van der Waals surface area contributed by atoms with Gasteiger partial charge in [-0.1, -0.05) is 42.9 Å². The summed E-state index contributed by atoms with van der Waals surface area (Å²) in [6.07, 6.45) is 2.05. The topological polar surface area (TPSA) is 81.4 Å². The van der Waals surface area contributed by atoms with Crippen LogP contribution in [0, 0.1) is 6.92 Å². The number of para-hydroxylation sites is 1. The highest BCUT2D eigenvalue weighted by atomic mass is 32.1. The molecule has 2 heterocycles. The molecule has 1 N–H and O–H groups in total. The molecule has 0 saturated heterocycles. The Morgan fingerprint density at radius 3 is 2.86 bits per heavy atom. The van der Waals surface area contributed by atoms with Crippen LogP contribution in [0.15, 0.2) is 48.5 Å². The van der Waals surface area contributed by atoms with E-state index in [-0.39, 0.29) is 5.91 Å². The number of fused-ring (bicyclic) bond motifs is 1. The van der Waals surface area contributed by atoms with E-state index in [1.54, 1.807) is 16.6 Å². The Kier molecular flexibility index (Phi) is 5.53. The summed E-state index contributed by atoms with van der Waals surface area (Å²) in [5.74, 6) is 1.23. The predicted molar refractivity (Wildman–Crippen MR) is 114 cm³/mol. The number of aromatic nitrogens is 4. The van der Waals surface area contributed by atoms with Crippen molar-refractivity contribution < 1.29 is 9.53 Å². The van der Waals surface area contributed by atoms with Crippen LogP contribution in [-0.2, 0) is 0 Å². The Bertz CT molecular complexity index is 1150. The number of hydrogen-bond acceptors (Lipinski definition) is 6. The van der Waals surface area contributed by atoms with E-state index < -0.39 is 0 Å². The first-order valence-electron chi connectivity index (χ1n) is 9.48. The Hall–Kier alpha value is -3.26. The number of nitrogens with zero attached hydrogens (tertiary/aromatic N) is 4. The van der Waals surface area contributed by atoms with Gasteiger partial charge in [0.1, 0.15) is 10.8 Å². The van der Waals surface area contributed by atoms with Gasteiger partial charge in [-0.3, -0.25) is 4.79 Å². The van der Waals surface area contributed by atoms with Crippen LogP contribution in [0.2, 0.25) is 0 Å². The number of anilines is 1. The maximum atomic E-state index is 12.8. The van der Waals surface area contributed by atoms with Crippen LogP contribution >= 0.6 is 11.3 Å². The second-order valence-corrected chi connectivity index (χ2v) is 7.53. The lowest BCUT2D eigenvalue weighted by atomic mass is 10.1. The van der Waals surface area contributed by atoms with Gasteiger partial charge < -0.3 is 10.1 Å². The zero-order valence-corrected chi connectivity index (χ0v) is 17.1. The van der Waals surface area contributed by atoms with Crippen molar-refractivity contribution in [3.8, 4) is 16.3 Å². The van der Waals surface area contributed by atoms with E-state index >= 15 is 0 Å². The highest BCUT2D eigenvalue weighted by Gasteiger charge is 2.15. The van der Waals surface area contributed by atoms with Gasteiger partial charge in [-0.15, -0.1) is 10.2 Å². The number of hydrogen-bond donors (Lipinski definition) is 1. The zero-order valence-electron chi connectivity index (χ0n) is 16.3. The van der Waals surface area contributed by atoms with E-state index in [1.165, 1.54) is 11.3 Å². The summed E-state index contributed by atoms with van der Waals surface area (Å²) < 4.78 is 7.42. The second-order valence-electron chi connectivity index (χ2n) is 6.58. The van der Waals surface area contributed by atoms with Crippen molar-refractivity contribution in [1.82, 2.24) is 19.8 Å². The van der Waals surface area contributed by atoms with E-state index in [1.807, 2.05) is 43.3 Å². The fourth-order valence-corrected chi connectivity index (χ4v) is 3.78. The molecule has 0 aliphatic rings. The third-order valence-corrected chi connectivity index (χ3v) is 5.35. The molecule has 0 aliphatic carbocycles. The summed E-state index contributed by atoms with van der Waals surface area (Å²) in [6.45, 7) is 4.61. The van der Waals surface area contributed by atoms with Crippen molar-refractivity contribution in [1.29, 1.82) is 0 Å². The Morgan fingerprint density at radius 1 is 1.17 bits per heavy atom. The van der Waals surface area contributed by atoms with Gasteiger partial charge in [0.25, 0.3) is 5.91 Å². The van der Waals surface area contributed by atoms with Gasteiger partial charge in [-0.2, -0.15) is 9.61 Å². The smallest absolute Gasteiger partial charge is 0.255 e. The van der Waals surface area contributed by atoms with Crippen LogP contribution in [0.3, 0.4) is 0 Å². The molecule has 1 amide bonds. The first-order valence-corrected chi connectivity index (χ1v) is 10.3. The number of unbranched alkanes of at least 4 members (excludes halogenated alkanes) is 1. The van der Waals surface area contributed by atoms with Crippen molar-refractivity contribution in [2.24, 2.45) is 0 Å². The minimum Gasteiger partial charge on any atom is -0.494 e. The van der Waals surface area contributed by atoms with Gasteiger partial charge in [0.15, 0.2) is 5.82 Å². The van der Waals surface area contributed by atoms with Crippen molar-refractivity contribution in [2.45, 2.75) is 26.7 Å². The van der Waals surface area contributed by atoms with Crippen LogP contribution in [0.1, 0.15) is 35.9 Å². The summed E-state index contributed by atoms with van der Waals surface area (Å²) in [5, 5.41) is 16.5. The number of rotatable bonds is 7. The molecule has 0 aliphatic heterocycles. The van der Waals surface area contributed by atoms with Crippen molar-refractivity contribution >= 4 is 27.9 Å². The second kappa shape index (κ2) is 8.40. The molecule has 148 valence electrons. The molecule has 7 nitrogen and oxygen atoms in total. The van der Waals surface area contributed by atoms with Crippen molar-refractivity contribution in [3.63, 3.8) is 0 Å². The van der Waals surface area contributed by atoms with Gasteiger partial charge in [0.05, 0.1) is 12.3 Å². The van der Waals surface area contributed by atoms with Gasteiger partial charge in [-0.25, -0.2) is 0 Å². The largest absolute Gasteiger partial charge is 0.494 e. The molecule has 0 spiro atoms. The number of benzene rings is 2. The minimum atomic E-state index is -0.197. The molecule has 2 aromatic heterocycles. The van der Waals surface area contributed by atoms with Crippen LogP contribution in [-0.4, -0.2) is 32.3 Å². The Balaban J connectivity index is 1.57. The highest BCUT2D eigenvalue weighted by Crippen LogP contribution is 2.31. The first kappa shape index (κ1) is 19.1. The van der Waals surface area contributed by atoms with Gasteiger partial charge >= 0.3 is 0 Å². The molecular formula is C21H21N5O2S. The van der Waals surface area contributed by atoms with Crippen LogP contribution < -0.4 is 10.1 Å². The highest BCUT2D eigenvalue weighted by molar-refractivity contribution is 7.19. The molecular weight excluding hydrogens is 386 g/mol. The van der Waals surface area contributed by atoms with Gasteiger partial charge in [0.2, 0.25) is 4.96 Å². The van der Waals surface area contributed by atoms with E-state index in [0.717, 1.165) is 34.2 Å². The third-order valence-electron chi connectivity index (χ3n) is 4.42. The lowest BCUT2D eigenvalue weighted by Crippen LogP contribution is -2.12. The zero-order chi connectivity index (χ0) is 20.2. The molecule has 2 aromatic carbocycles. The van der Waals surface area contributed by atoms with Crippen LogP contribution in [0.25, 0.3) is 15.5 Å². The Labute approximate surface area is 172 Å². The molecule has 8 heteroatoms. The molecule has 4 rings (SSSR count). The van der Waals surface area contributed by atoms with Crippen molar-refractivity contribution in [2.75, 3.05) is 11.9 Å². The standard InChI is InChI=1S/C21H21N5O2S/c1-3-4-12-28-16-9-7-8-15(13-16)19(27)22-18-11-6-5-10-17(18)20-25-26-14(2)23-24-21(26)29-20/h5-11,13H,3-4,12H2,1-2H3,(H,22,27). The number of aryl methyl sites for hydroxylation is 1.